The molecule has 0 heterocycles. The van der Waals surface area contributed by atoms with Gasteiger partial charge in [-0.05, 0) is 26.2 Å². The molecule has 0 fully saturated rings. The Morgan fingerprint density at radius 2 is 1.73 bits per heavy atom. The lowest BCUT2D eigenvalue weighted by Gasteiger charge is -2.22. The van der Waals surface area contributed by atoms with E-state index in [2.05, 4.69) is 4.90 Å². The Balaban J connectivity index is 2.71. The molecule has 0 aromatic heterocycles. The van der Waals surface area contributed by atoms with E-state index >= 15 is 0 Å². The third kappa shape index (κ3) is 3.72. The maximum absolute atomic E-state index is 11.5. The molecule has 1 amide bonds. The van der Waals surface area contributed by atoms with Gasteiger partial charge < -0.3 is 9.80 Å². The Morgan fingerprint density at radius 1 is 1.13 bits per heavy atom. The predicted molar refractivity (Wildman–Crippen MR) is 63.0 cm³/mol. The molecule has 15 heavy (non-hydrogen) atoms. The highest BCUT2D eigenvalue weighted by Crippen LogP contribution is 2.12. The topological polar surface area (TPSA) is 23.6 Å². The molecule has 0 aliphatic rings. The number of rotatable bonds is 4. The minimum Gasteiger partial charge on any atom is -0.311 e. The lowest BCUT2D eigenvalue weighted by atomic mass is 10.3. The molecule has 0 bridgehead atoms. The van der Waals surface area contributed by atoms with Crippen LogP contribution in [0.1, 0.15) is 6.92 Å². The van der Waals surface area contributed by atoms with Crippen molar-refractivity contribution in [2.24, 2.45) is 0 Å². The number of amides is 1. The van der Waals surface area contributed by atoms with Crippen molar-refractivity contribution in [2.45, 2.75) is 6.92 Å². The number of hydrogen-bond acceptors (Lipinski definition) is 2. The highest BCUT2D eigenvalue weighted by Gasteiger charge is 2.10. The molecular weight excluding hydrogens is 188 g/mol. The molecule has 3 nitrogen and oxygen atoms in total. The molecule has 3 heteroatoms. The van der Waals surface area contributed by atoms with Crippen molar-refractivity contribution in [3.05, 3.63) is 30.3 Å². The third-order valence-corrected chi connectivity index (χ3v) is 2.22. The molecule has 1 aromatic carbocycles. The van der Waals surface area contributed by atoms with E-state index in [1.165, 1.54) is 0 Å². The summed E-state index contributed by atoms with van der Waals surface area (Å²) < 4.78 is 0. The molecule has 0 aliphatic heterocycles. The SMILES string of the molecule is CC(=O)N(CCN(C)C)c1ccccc1. The van der Waals surface area contributed by atoms with E-state index in [4.69, 9.17) is 0 Å². The van der Waals surface area contributed by atoms with Crippen molar-refractivity contribution in [3.63, 3.8) is 0 Å². The zero-order valence-electron chi connectivity index (χ0n) is 9.60. The second kappa shape index (κ2) is 5.51. The molecule has 0 saturated heterocycles. The Morgan fingerprint density at radius 3 is 2.20 bits per heavy atom. The van der Waals surface area contributed by atoms with Gasteiger partial charge in [0.25, 0.3) is 0 Å². The van der Waals surface area contributed by atoms with Crippen LogP contribution in [0.3, 0.4) is 0 Å². The van der Waals surface area contributed by atoms with Gasteiger partial charge in [0.1, 0.15) is 0 Å². The van der Waals surface area contributed by atoms with Crippen LogP contribution in [0.15, 0.2) is 30.3 Å². The first-order valence-electron chi connectivity index (χ1n) is 5.09. The van der Waals surface area contributed by atoms with E-state index in [-0.39, 0.29) is 5.91 Å². The fraction of sp³-hybridized carbons (Fsp3) is 0.417. The largest absolute Gasteiger partial charge is 0.311 e. The minimum absolute atomic E-state index is 0.0862. The molecule has 1 aromatic rings. The molecule has 0 spiro atoms. The van der Waals surface area contributed by atoms with Crippen LogP contribution >= 0.6 is 0 Å². The van der Waals surface area contributed by atoms with Crippen LogP contribution in [0.4, 0.5) is 5.69 Å². The summed E-state index contributed by atoms with van der Waals surface area (Å²) >= 11 is 0. The van der Waals surface area contributed by atoms with E-state index in [0.29, 0.717) is 0 Å². The van der Waals surface area contributed by atoms with Gasteiger partial charge in [0.15, 0.2) is 0 Å². The average Bonchev–Trinajstić information content (AvgIpc) is 2.18. The van der Waals surface area contributed by atoms with Crippen LogP contribution in [0.5, 0.6) is 0 Å². The predicted octanol–water partition coefficient (Wildman–Crippen LogP) is 1.60. The second-order valence-corrected chi connectivity index (χ2v) is 3.81. The third-order valence-electron chi connectivity index (χ3n) is 2.22. The Hall–Kier alpha value is -1.35. The summed E-state index contributed by atoms with van der Waals surface area (Å²) in [6.45, 7) is 3.20. The standard InChI is InChI=1S/C12H18N2O/c1-11(15)14(10-9-13(2)3)12-7-5-4-6-8-12/h4-8H,9-10H2,1-3H3. The Kier molecular flexibility index (Phi) is 4.31. The van der Waals surface area contributed by atoms with Gasteiger partial charge in [-0.15, -0.1) is 0 Å². The molecule has 82 valence electrons. The summed E-state index contributed by atoms with van der Waals surface area (Å²) in [5, 5.41) is 0. The molecule has 0 aliphatic carbocycles. The van der Waals surface area contributed by atoms with Gasteiger partial charge in [-0.25, -0.2) is 0 Å². The smallest absolute Gasteiger partial charge is 0.223 e. The molecule has 0 saturated carbocycles. The number of para-hydroxylation sites is 1. The zero-order valence-corrected chi connectivity index (χ0v) is 9.60. The normalized spacial score (nSPS) is 10.4. The maximum Gasteiger partial charge on any atom is 0.223 e. The van der Waals surface area contributed by atoms with Crippen LogP contribution in [-0.4, -0.2) is 38.0 Å². The summed E-state index contributed by atoms with van der Waals surface area (Å²) in [6, 6.07) is 9.75. The van der Waals surface area contributed by atoms with Crippen LogP contribution in [-0.2, 0) is 4.79 Å². The zero-order chi connectivity index (χ0) is 11.3. The molecule has 0 N–H and O–H groups in total. The van der Waals surface area contributed by atoms with Crippen molar-refractivity contribution in [3.8, 4) is 0 Å². The summed E-state index contributed by atoms with van der Waals surface area (Å²) in [7, 11) is 4.01. The minimum atomic E-state index is 0.0862. The number of carbonyl (C=O) groups is 1. The fourth-order valence-electron chi connectivity index (χ4n) is 1.38. The van der Waals surface area contributed by atoms with E-state index in [1.807, 2.05) is 44.4 Å². The van der Waals surface area contributed by atoms with Crippen LogP contribution < -0.4 is 4.90 Å². The lowest BCUT2D eigenvalue weighted by molar-refractivity contribution is -0.116. The number of likely N-dealkylation sites (N-methyl/N-ethyl adjacent to an activating group) is 1. The van der Waals surface area contributed by atoms with Crippen LogP contribution in [0.2, 0.25) is 0 Å². The first kappa shape index (κ1) is 11.7. The van der Waals surface area contributed by atoms with Crippen LogP contribution in [0, 0.1) is 0 Å². The number of carbonyl (C=O) groups excluding carboxylic acids is 1. The van der Waals surface area contributed by atoms with E-state index < -0.39 is 0 Å². The van der Waals surface area contributed by atoms with E-state index in [0.717, 1.165) is 18.8 Å². The molecule has 0 unspecified atom stereocenters. The first-order chi connectivity index (χ1) is 7.11. The summed E-state index contributed by atoms with van der Waals surface area (Å²) in [5.74, 6) is 0.0862. The quantitative estimate of drug-likeness (QED) is 0.747. The monoisotopic (exact) mass is 206 g/mol. The lowest BCUT2D eigenvalue weighted by Crippen LogP contribution is -2.35. The van der Waals surface area contributed by atoms with Gasteiger partial charge >= 0.3 is 0 Å². The Bertz CT molecular complexity index is 309. The molecule has 1 rings (SSSR count). The van der Waals surface area contributed by atoms with Crippen molar-refractivity contribution in [1.29, 1.82) is 0 Å². The summed E-state index contributed by atoms with van der Waals surface area (Å²) in [4.78, 5) is 15.3. The van der Waals surface area contributed by atoms with Gasteiger partial charge in [-0.1, -0.05) is 18.2 Å². The van der Waals surface area contributed by atoms with E-state index in [9.17, 15) is 4.79 Å². The maximum atomic E-state index is 11.5. The Labute approximate surface area is 91.3 Å². The number of anilines is 1. The van der Waals surface area contributed by atoms with Crippen molar-refractivity contribution >= 4 is 11.6 Å². The highest BCUT2D eigenvalue weighted by molar-refractivity contribution is 5.91. The summed E-state index contributed by atoms with van der Waals surface area (Å²) in [6.07, 6.45) is 0. The van der Waals surface area contributed by atoms with Crippen molar-refractivity contribution in [2.75, 3.05) is 32.1 Å². The second-order valence-electron chi connectivity index (χ2n) is 3.81. The summed E-state index contributed by atoms with van der Waals surface area (Å²) in [5.41, 5.74) is 0.965. The van der Waals surface area contributed by atoms with E-state index in [1.54, 1.807) is 11.8 Å². The first-order valence-corrected chi connectivity index (χ1v) is 5.09. The van der Waals surface area contributed by atoms with Gasteiger partial charge in [0.2, 0.25) is 5.91 Å². The van der Waals surface area contributed by atoms with Crippen molar-refractivity contribution in [1.82, 2.24) is 4.90 Å². The number of nitrogens with zero attached hydrogens (tertiary/aromatic N) is 2. The average molecular weight is 206 g/mol. The molecule has 0 radical (unpaired) electrons. The number of benzene rings is 1. The van der Waals surface area contributed by atoms with Gasteiger partial charge in [-0.2, -0.15) is 0 Å². The van der Waals surface area contributed by atoms with Gasteiger partial charge in [0.05, 0.1) is 0 Å². The molecular formula is C12H18N2O. The molecule has 0 atom stereocenters. The number of hydrogen-bond donors (Lipinski definition) is 0. The fourth-order valence-corrected chi connectivity index (χ4v) is 1.38. The van der Waals surface area contributed by atoms with Crippen molar-refractivity contribution < 1.29 is 4.79 Å². The van der Waals surface area contributed by atoms with Gasteiger partial charge in [0, 0.05) is 25.7 Å². The van der Waals surface area contributed by atoms with Crippen LogP contribution in [0.25, 0.3) is 0 Å². The highest BCUT2D eigenvalue weighted by atomic mass is 16.2. The van der Waals surface area contributed by atoms with Gasteiger partial charge in [-0.3, -0.25) is 4.79 Å².